The molecule has 10 heteroatoms. The molecule has 9 nitrogen and oxygen atoms in total. The number of ether oxygens (including phenoxy) is 2. The number of rotatable bonds is 10. The Labute approximate surface area is 210 Å². The van der Waals surface area contributed by atoms with E-state index in [0.29, 0.717) is 12.0 Å². The van der Waals surface area contributed by atoms with Gasteiger partial charge < -0.3 is 24.7 Å². The van der Waals surface area contributed by atoms with E-state index in [0.717, 1.165) is 76.6 Å². The van der Waals surface area contributed by atoms with Gasteiger partial charge in [-0.15, -0.1) is 34.2 Å². The monoisotopic (exact) mass is 563 g/mol. The summed E-state index contributed by atoms with van der Waals surface area (Å²) in [6.45, 7) is 9.92. The van der Waals surface area contributed by atoms with E-state index in [1.807, 2.05) is 18.5 Å². The van der Waals surface area contributed by atoms with Crippen LogP contribution in [0.25, 0.3) is 0 Å². The molecule has 0 spiro atoms. The van der Waals surface area contributed by atoms with Gasteiger partial charge in [0, 0.05) is 58.9 Å². The molecule has 2 N–H and O–H groups in total. The van der Waals surface area contributed by atoms with Gasteiger partial charge in [0.05, 0.1) is 13.2 Å². The summed E-state index contributed by atoms with van der Waals surface area (Å²) in [6, 6.07) is 0. The lowest BCUT2D eigenvalue weighted by Crippen LogP contribution is -2.51. The largest absolute Gasteiger partial charge is 0.385 e. The molecule has 32 heavy (non-hydrogen) atoms. The summed E-state index contributed by atoms with van der Waals surface area (Å²) in [5, 5.41) is 15.6. The first-order valence-electron chi connectivity index (χ1n) is 11.8. The summed E-state index contributed by atoms with van der Waals surface area (Å²) in [5.74, 6) is 2.62. The van der Waals surface area contributed by atoms with Crippen LogP contribution in [-0.4, -0.2) is 85.3 Å². The van der Waals surface area contributed by atoms with Gasteiger partial charge in [-0.1, -0.05) is 19.3 Å². The van der Waals surface area contributed by atoms with Gasteiger partial charge in [-0.05, 0) is 26.2 Å². The minimum absolute atomic E-state index is 0. The van der Waals surface area contributed by atoms with E-state index in [-0.39, 0.29) is 24.0 Å². The maximum Gasteiger partial charge on any atom is 0.191 e. The van der Waals surface area contributed by atoms with E-state index in [1.54, 1.807) is 7.11 Å². The van der Waals surface area contributed by atoms with Crippen molar-refractivity contribution in [1.82, 2.24) is 30.3 Å². The van der Waals surface area contributed by atoms with Crippen LogP contribution in [0.4, 0.5) is 0 Å². The fourth-order valence-electron chi connectivity index (χ4n) is 4.53. The third kappa shape index (κ3) is 8.42. The van der Waals surface area contributed by atoms with Gasteiger partial charge in [0.25, 0.3) is 0 Å². The number of morpholine rings is 1. The number of aromatic nitrogens is 3. The Hall–Kier alpha value is -0.980. The molecule has 0 atom stereocenters. The molecule has 1 saturated carbocycles. The third-order valence-corrected chi connectivity index (χ3v) is 6.59. The predicted octanol–water partition coefficient (Wildman–Crippen LogP) is 2.10. The molecule has 1 saturated heterocycles. The van der Waals surface area contributed by atoms with Crippen LogP contribution >= 0.6 is 24.0 Å². The Morgan fingerprint density at radius 3 is 2.56 bits per heavy atom. The first-order chi connectivity index (χ1) is 15.1. The Balaban J connectivity index is 0.00000363. The smallest absolute Gasteiger partial charge is 0.191 e. The zero-order valence-electron chi connectivity index (χ0n) is 20.1. The highest BCUT2D eigenvalue weighted by Crippen LogP contribution is 2.36. The standard InChI is InChI=1S/C22H41N7O2.HI/c1-19-26-27-20(28(19)2)16-24-21(23-10-7-13-30-3)25-17-22(8-5-4-6-9-22)18-29-11-14-31-15-12-29;/h4-18H2,1-3H3,(H2,23,24,25);1H. The van der Waals surface area contributed by atoms with E-state index in [2.05, 4.69) is 25.7 Å². The van der Waals surface area contributed by atoms with Gasteiger partial charge in [-0.2, -0.15) is 0 Å². The average Bonchev–Trinajstić information content (AvgIpc) is 3.11. The van der Waals surface area contributed by atoms with Crippen LogP contribution < -0.4 is 10.6 Å². The number of methoxy groups -OCH3 is 1. The highest BCUT2D eigenvalue weighted by Gasteiger charge is 2.34. The van der Waals surface area contributed by atoms with E-state index >= 15 is 0 Å². The summed E-state index contributed by atoms with van der Waals surface area (Å²) in [6.07, 6.45) is 7.48. The molecule has 0 radical (unpaired) electrons. The van der Waals surface area contributed by atoms with Gasteiger partial charge in [-0.3, -0.25) is 4.90 Å². The molecule has 2 fully saturated rings. The summed E-state index contributed by atoms with van der Waals surface area (Å²) < 4.78 is 12.7. The van der Waals surface area contributed by atoms with Crippen molar-refractivity contribution >= 4 is 29.9 Å². The number of hydrogen-bond acceptors (Lipinski definition) is 6. The lowest BCUT2D eigenvalue weighted by atomic mass is 9.73. The van der Waals surface area contributed by atoms with Gasteiger partial charge >= 0.3 is 0 Å². The van der Waals surface area contributed by atoms with Crippen LogP contribution in [0.1, 0.15) is 50.2 Å². The number of aryl methyl sites for hydroxylation is 1. The second-order valence-electron chi connectivity index (χ2n) is 8.96. The van der Waals surface area contributed by atoms with Crippen LogP contribution in [-0.2, 0) is 23.1 Å². The highest BCUT2D eigenvalue weighted by atomic mass is 127. The van der Waals surface area contributed by atoms with Gasteiger partial charge in [0.15, 0.2) is 11.8 Å². The number of aliphatic imine (C=N–C) groups is 1. The van der Waals surface area contributed by atoms with Crippen LogP contribution in [0.3, 0.4) is 0 Å². The number of halogens is 1. The van der Waals surface area contributed by atoms with E-state index < -0.39 is 0 Å². The summed E-state index contributed by atoms with van der Waals surface area (Å²) >= 11 is 0. The van der Waals surface area contributed by atoms with Gasteiger partial charge in [-0.25, -0.2) is 4.99 Å². The molecule has 1 aromatic heterocycles. The van der Waals surface area contributed by atoms with E-state index in [4.69, 9.17) is 14.5 Å². The molecule has 3 rings (SSSR count). The molecule has 1 aliphatic carbocycles. The summed E-state index contributed by atoms with van der Waals surface area (Å²) in [5.41, 5.74) is 0.298. The Bertz CT molecular complexity index is 686. The summed E-state index contributed by atoms with van der Waals surface area (Å²) in [4.78, 5) is 7.41. The fourth-order valence-corrected chi connectivity index (χ4v) is 4.53. The molecule has 2 aliphatic rings. The average molecular weight is 564 g/mol. The van der Waals surface area contributed by atoms with Crippen molar-refractivity contribution in [2.75, 3.05) is 59.7 Å². The van der Waals surface area contributed by atoms with Crippen LogP contribution in [0, 0.1) is 12.3 Å². The third-order valence-electron chi connectivity index (χ3n) is 6.59. The Morgan fingerprint density at radius 2 is 1.91 bits per heavy atom. The maximum atomic E-state index is 5.56. The molecular formula is C22H42IN7O2. The van der Waals surface area contributed by atoms with E-state index in [9.17, 15) is 0 Å². The number of hydrogen-bond donors (Lipinski definition) is 2. The number of nitrogens with zero attached hydrogens (tertiary/aromatic N) is 5. The molecular weight excluding hydrogens is 521 g/mol. The molecule has 1 aromatic rings. The van der Waals surface area contributed by atoms with Crippen molar-refractivity contribution in [2.45, 2.75) is 52.0 Å². The molecule has 1 aliphatic heterocycles. The normalized spacial score (nSPS) is 19.4. The maximum absolute atomic E-state index is 5.56. The molecule has 0 bridgehead atoms. The zero-order chi connectivity index (χ0) is 21.9. The molecule has 2 heterocycles. The molecule has 0 unspecified atom stereocenters. The lowest BCUT2D eigenvalue weighted by molar-refractivity contribution is 0.00820. The first-order valence-corrected chi connectivity index (χ1v) is 11.8. The molecule has 0 aromatic carbocycles. The van der Waals surface area contributed by atoms with Crippen LogP contribution in [0.15, 0.2) is 4.99 Å². The van der Waals surface area contributed by atoms with Gasteiger partial charge in [0.2, 0.25) is 0 Å². The fraction of sp³-hybridized carbons (Fsp3) is 0.864. The second-order valence-corrected chi connectivity index (χ2v) is 8.96. The summed E-state index contributed by atoms with van der Waals surface area (Å²) in [7, 11) is 3.72. The zero-order valence-corrected chi connectivity index (χ0v) is 22.4. The van der Waals surface area contributed by atoms with Crippen molar-refractivity contribution in [3.05, 3.63) is 11.6 Å². The van der Waals surface area contributed by atoms with Crippen molar-refractivity contribution in [2.24, 2.45) is 17.5 Å². The Kier molecular flexibility index (Phi) is 12.2. The lowest BCUT2D eigenvalue weighted by Gasteiger charge is -2.42. The van der Waals surface area contributed by atoms with Crippen molar-refractivity contribution in [3.63, 3.8) is 0 Å². The topological polar surface area (TPSA) is 88.8 Å². The highest BCUT2D eigenvalue weighted by molar-refractivity contribution is 14.0. The predicted molar refractivity (Wildman–Crippen MR) is 138 cm³/mol. The minimum atomic E-state index is 0. The molecule has 184 valence electrons. The van der Waals surface area contributed by atoms with Crippen molar-refractivity contribution in [3.8, 4) is 0 Å². The number of guanidine groups is 1. The molecule has 0 amide bonds. The van der Waals surface area contributed by atoms with Crippen molar-refractivity contribution in [1.29, 1.82) is 0 Å². The number of nitrogens with one attached hydrogen (secondary N) is 2. The first kappa shape index (κ1) is 27.3. The second kappa shape index (κ2) is 14.3. The SMILES string of the molecule is COCCCNC(=NCc1nnc(C)n1C)NCC1(CN2CCOCC2)CCCCC1.I. The minimum Gasteiger partial charge on any atom is -0.385 e. The van der Waals surface area contributed by atoms with Gasteiger partial charge in [0.1, 0.15) is 12.4 Å². The van der Waals surface area contributed by atoms with E-state index in [1.165, 1.54) is 32.1 Å². The van der Waals surface area contributed by atoms with Crippen molar-refractivity contribution < 1.29 is 9.47 Å². The quantitative estimate of drug-likeness (QED) is 0.195. The Morgan fingerprint density at radius 1 is 1.16 bits per heavy atom. The van der Waals surface area contributed by atoms with Crippen LogP contribution in [0.5, 0.6) is 0 Å². The van der Waals surface area contributed by atoms with Crippen LogP contribution in [0.2, 0.25) is 0 Å².